The van der Waals surface area contributed by atoms with E-state index in [1.54, 1.807) is 24.1 Å². The van der Waals surface area contributed by atoms with Gasteiger partial charge in [0.15, 0.2) is 0 Å². The first-order chi connectivity index (χ1) is 18.9. The predicted molar refractivity (Wildman–Crippen MR) is 143 cm³/mol. The van der Waals surface area contributed by atoms with Gasteiger partial charge >= 0.3 is 4.87 Å². The van der Waals surface area contributed by atoms with E-state index in [1.165, 1.54) is 28.8 Å². The second-order valence-electron chi connectivity index (χ2n) is 9.42. The van der Waals surface area contributed by atoms with Crippen molar-refractivity contribution in [2.75, 3.05) is 38.3 Å². The van der Waals surface area contributed by atoms with Gasteiger partial charge in [0.1, 0.15) is 23.4 Å². The molecule has 0 saturated carbocycles. The van der Waals surface area contributed by atoms with Gasteiger partial charge in [0, 0.05) is 23.9 Å². The Kier molecular flexibility index (Phi) is 6.77. The second kappa shape index (κ2) is 10.2. The SMILES string of the molecule is COc1ccc([C@@H]2c3sc(=O)n(CC(=O)N4CCOCC4)c3S[C@H]3C(=O)N(c4ccc(F)cc4)C(=O)[C@@H]23)cc1. The van der Waals surface area contributed by atoms with Gasteiger partial charge in [-0.3, -0.25) is 23.7 Å². The third-order valence-electron chi connectivity index (χ3n) is 7.27. The van der Waals surface area contributed by atoms with Crippen LogP contribution in [0.1, 0.15) is 16.4 Å². The Morgan fingerprint density at radius 2 is 1.72 bits per heavy atom. The summed E-state index contributed by atoms with van der Waals surface area (Å²) in [5.41, 5.74) is 1.04. The molecule has 3 amide bonds. The van der Waals surface area contributed by atoms with Crippen LogP contribution in [0, 0.1) is 11.7 Å². The van der Waals surface area contributed by atoms with Crippen LogP contribution in [-0.2, 0) is 25.7 Å². The molecule has 0 spiro atoms. The van der Waals surface area contributed by atoms with Gasteiger partial charge in [-0.2, -0.15) is 0 Å². The molecule has 3 aromatic rings. The summed E-state index contributed by atoms with van der Waals surface area (Å²) >= 11 is 2.15. The fraction of sp³-hybridized carbons (Fsp3) is 0.333. The Morgan fingerprint density at radius 1 is 1.03 bits per heavy atom. The molecule has 6 rings (SSSR count). The number of anilines is 1. The van der Waals surface area contributed by atoms with Crippen LogP contribution >= 0.6 is 23.1 Å². The third kappa shape index (κ3) is 4.46. The fourth-order valence-electron chi connectivity index (χ4n) is 5.32. The molecule has 0 unspecified atom stereocenters. The van der Waals surface area contributed by atoms with Gasteiger partial charge in [-0.05, 0) is 42.0 Å². The number of amides is 3. The van der Waals surface area contributed by atoms with Crippen molar-refractivity contribution in [2.45, 2.75) is 22.7 Å². The topological polar surface area (TPSA) is 98.2 Å². The molecule has 202 valence electrons. The van der Waals surface area contributed by atoms with Gasteiger partial charge in [-0.1, -0.05) is 35.2 Å². The molecule has 4 heterocycles. The Balaban J connectivity index is 1.43. The maximum Gasteiger partial charge on any atom is 0.308 e. The zero-order chi connectivity index (χ0) is 27.3. The van der Waals surface area contributed by atoms with Crippen molar-refractivity contribution in [1.29, 1.82) is 0 Å². The molecule has 0 radical (unpaired) electrons. The van der Waals surface area contributed by atoms with E-state index in [1.807, 2.05) is 12.1 Å². The lowest BCUT2D eigenvalue weighted by atomic mass is 9.83. The van der Waals surface area contributed by atoms with E-state index in [-0.39, 0.29) is 23.0 Å². The molecule has 2 saturated heterocycles. The highest BCUT2D eigenvalue weighted by molar-refractivity contribution is 8.00. The molecule has 3 aliphatic heterocycles. The van der Waals surface area contributed by atoms with Crippen molar-refractivity contribution in [3.63, 3.8) is 0 Å². The molecule has 9 nitrogen and oxygen atoms in total. The number of thioether (sulfide) groups is 1. The highest BCUT2D eigenvalue weighted by Gasteiger charge is 2.56. The lowest BCUT2D eigenvalue weighted by molar-refractivity contribution is -0.136. The van der Waals surface area contributed by atoms with Crippen molar-refractivity contribution in [3.8, 4) is 5.75 Å². The van der Waals surface area contributed by atoms with Crippen LogP contribution in [0.3, 0.4) is 0 Å². The number of carbonyl (C=O) groups excluding carboxylic acids is 3. The zero-order valence-corrected chi connectivity index (χ0v) is 22.5. The average molecular weight is 570 g/mol. The monoisotopic (exact) mass is 569 g/mol. The van der Waals surface area contributed by atoms with Gasteiger partial charge < -0.3 is 14.4 Å². The quantitative estimate of drug-likeness (QED) is 0.436. The van der Waals surface area contributed by atoms with Crippen molar-refractivity contribution in [3.05, 3.63) is 74.5 Å². The molecule has 39 heavy (non-hydrogen) atoms. The molecule has 12 heteroatoms. The van der Waals surface area contributed by atoms with E-state index in [0.717, 1.165) is 33.6 Å². The van der Waals surface area contributed by atoms with Crippen molar-refractivity contribution < 1.29 is 28.2 Å². The maximum absolute atomic E-state index is 13.8. The summed E-state index contributed by atoms with van der Waals surface area (Å²) in [6, 6.07) is 12.4. The second-order valence-corrected chi connectivity index (χ2v) is 11.5. The first kappa shape index (κ1) is 25.8. The van der Waals surface area contributed by atoms with E-state index in [4.69, 9.17) is 9.47 Å². The third-order valence-corrected chi connectivity index (χ3v) is 9.87. The number of thiazole rings is 1. The van der Waals surface area contributed by atoms with Gasteiger partial charge in [0.2, 0.25) is 17.7 Å². The standard InChI is InChI=1S/C27H24FN3O6S2/c1-36-18-8-2-15(3-9-18)20-21-22(25(34)31(24(21)33)17-6-4-16(28)5-7-17)38-26-23(20)39-27(35)30(26)14-19(32)29-10-12-37-13-11-29/h2-9,20-22H,10-14H2,1H3/t20-,21-,22+/m0/s1. The lowest BCUT2D eigenvalue weighted by Gasteiger charge is -2.31. The van der Waals surface area contributed by atoms with Gasteiger partial charge in [0.25, 0.3) is 0 Å². The van der Waals surface area contributed by atoms with Crippen LogP contribution in [0.25, 0.3) is 0 Å². The van der Waals surface area contributed by atoms with E-state index in [0.29, 0.717) is 42.0 Å². The summed E-state index contributed by atoms with van der Waals surface area (Å²) in [6.45, 7) is 1.62. The number of hydrogen-bond acceptors (Lipinski definition) is 8. The first-order valence-corrected chi connectivity index (χ1v) is 14.1. The molecule has 0 bridgehead atoms. The maximum atomic E-state index is 13.8. The smallest absolute Gasteiger partial charge is 0.308 e. The number of carbonyl (C=O) groups is 3. The number of nitrogens with zero attached hydrogens (tertiary/aromatic N) is 3. The average Bonchev–Trinajstić information content (AvgIpc) is 3.40. The summed E-state index contributed by atoms with van der Waals surface area (Å²) in [6.07, 6.45) is 0. The number of halogens is 1. The number of methoxy groups -OCH3 is 1. The fourth-order valence-corrected chi connectivity index (χ4v) is 8.09. The zero-order valence-electron chi connectivity index (χ0n) is 20.9. The van der Waals surface area contributed by atoms with E-state index >= 15 is 0 Å². The van der Waals surface area contributed by atoms with Crippen LogP contribution in [0.5, 0.6) is 5.75 Å². The summed E-state index contributed by atoms with van der Waals surface area (Å²) in [5.74, 6) is -2.26. The number of rotatable bonds is 5. The molecule has 3 aliphatic rings. The van der Waals surface area contributed by atoms with E-state index < -0.39 is 34.7 Å². The highest BCUT2D eigenvalue weighted by atomic mass is 32.2. The molecular weight excluding hydrogens is 545 g/mol. The molecule has 2 fully saturated rings. The largest absolute Gasteiger partial charge is 0.497 e. The molecule has 0 N–H and O–H groups in total. The number of benzene rings is 2. The molecular formula is C27H24FN3O6S2. The van der Waals surface area contributed by atoms with Crippen LogP contribution in [0.4, 0.5) is 10.1 Å². The number of aromatic nitrogens is 1. The van der Waals surface area contributed by atoms with Crippen molar-refractivity contribution in [2.24, 2.45) is 5.92 Å². The first-order valence-electron chi connectivity index (χ1n) is 12.4. The van der Waals surface area contributed by atoms with E-state index in [9.17, 15) is 23.6 Å². The lowest BCUT2D eigenvalue weighted by Crippen LogP contribution is -2.43. The number of hydrogen-bond donors (Lipinski definition) is 0. The summed E-state index contributed by atoms with van der Waals surface area (Å²) in [4.78, 5) is 57.0. The molecule has 2 aromatic carbocycles. The van der Waals surface area contributed by atoms with Crippen LogP contribution < -0.4 is 14.5 Å². The van der Waals surface area contributed by atoms with E-state index in [2.05, 4.69) is 0 Å². The highest BCUT2D eigenvalue weighted by Crippen LogP contribution is 2.54. The Morgan fingerprint density at radius 3 is 2.38 bits per heavy atom. The summed E-state index contributed by atoms with van der Waals surface area (Å²) < 4.78 is 25.6. The number of ether oxygens (including phenoxy) is 2. The molecule has 0 aliphatic carbocycles. The number of imide groups is 1. The minimum Gasteiger partial charge on any atom is -0.497 e. The minimum absolute atomic E-state index is 0.159. The number of morpholine rings is 1. The molecule has 1 aromatic heterocycles. The summed E-state index contributed by atoms with van der Waals surface area (Å²) in [7, 11) is 1.55. The Labute approximate surface area is 231 Å². The van der Waals surface area contributed by atoms with Crippen LogP contribution in [0.15, 0.2) is 58.4 Å². The van der Waals surface area contributed by atoms with Crippen LogP contribution in [-0.4, -0.2) is 65.9 Å². The van der Waals surface area contributed by atoms with Crippen molar-refractivity contribution in [1.82, 2.24) is 9.47 Å². The predicted octanol–water partition coefficient (Wildman–Crippen LogP) is 2.71. The van der Waals surface area contributed by atoms with Gasteiger partial charge in [-0.25, -0.2) is 9.29 Å². The Hall–Kier alpha value is -3.48. The minimum atomic E-state index is -0.819. The summed E-state index contributed by atoms with van der Waals surface area (Å²) in [5, 5.41) is -0.295. The van der Waals surface area contributed by atoms with Gasteiger partial charge in [0.05, 0.1) is 37.0 Å². The Bertz CT molecular complexity index is 1500. The normalized spacial score (nSPS) is 22.6. The van der Waals surface area contributed by atoms with Crippen molar-refractivity contribution >= 4 is 46.5 Å². The molecule has 3 atom stereocenters. The van der Waals surface area contributed by atoms with Gasteiger partial charge in [-0.15, -0.1) is 0 Å². The van der Waals surface area contributed by atoms with Crippen LogP contribution in [0.2, 0.25) is 0 Å². The number of fused-ring (bicyclic) bond motifs is 2.